The van der Waals surface area contributed by atoms with E-state index >= 15 is 0 Å². The second-order valence-corrected chi connectivity index (χ2v) is 6.05. The summed E-state index contributed by atoms with van der Waals surface area (Å²) in [6, 6.07) is 2.44. The van der Waals surface area contributed by atoms with E-state index in [4.69, 9.17) is 0 Å². The molecular formula is C13H22N2OS. The van der Waals surface area contributed by atoms with Gasteiger partial charge in [-0.15, -0.1) is 11.3 Å². The third kappa shape index (κ3) is 5.33. The molecule has 0 unspecified atom stereocenters. The van der Waals surface area contributed by atoms with E-state index in [2.05, 4.69) is 30.5 Å². The maximum atomic E-state index is 11.4. The summed E-state index contributed by atoms with van der Waals surface area (Å²) < 4.78 is 0. The van der Waals surface area contributed by atoms with Crippen LogP contribution in [0, 0.1) is 13.8 Å². The van der Waals surface area contributed by atoms with Gasteiger partial charge in [0.2, 0.25) is 5.91 Å². The Hall–Kier alpha value is -0.870. The Balaban J connectivity index is 2.20. The lowest BCUT2D eigenvalue weighted by Crippen LogP contribution is -2.32. The van der Waals surface area contributed by atoms with Crippen molar-refractivity contribution in [2.75, 3.05) is 6.54 Å². The lowest BCUT2D eigenvalue weighted by molar-refractivity contribution is -0.121. The van der Waals surface area contributed by atoms with Crippen LogP contribution in [-0.2, 0) is 11.3 Å². The number of thiophene rings is 1. The Morgan fingerprint density at radius 3 is 2.65 bits per heavy atom. The van der Waals surface area contributed by atoms with Crippen LogP contribution in [0.5, 0.6) is 0 Å². The minimum atomic E-state index is 0.116. The number of nitrogens with one attached hydrogen (secondary N) is 2. The molecule has 1 amide bonds. The third-order valence-electron chi connectivity index (χ3n) is 2.44. The van der Waals surface area contributed by atoms with E-state index in [9.17, 15) is 4.79 Å². The van der Waals surface area contributed by atoms with E-state index in [0.717, 1.165) is 13.1 Å². The highest BCUT2D eigenvalue weighted by atomic mass is 32.1. The molecule has 0 saturated carbocycles. The van der Waals surface area contributed by atoms with Crippen molar-refractivity contribution in [3.63, 3.8) is 0 Å². The third-order valence-corrected chi connectivity index (χ3v) is 3.45. The van der Waals surface area contributed by atoms with Gasteiger partial charge in [0.05, 0.1) is 0 Å². The molecule has 1 aromatic heterocycles. The quantitative estimate of drug-likeness (QED) is 0.765. The zero-order valence-electron chi connectivity index (χ0n) is 11.1. The minimum absolute atomic E-state index is 0.116. The largest absolute Gasteiger partial charge is 0.354 e. The van der Waals surface area contributed by atoms with E-state index in [-0.39, 0.29) is 11.9 Å². The fraction of sp³-hybridized carbons (Fsp3) is 0.615. The summed E-state index contributed by atoms with van der Waals surface area (Å²) in [5, 5.41) is 6.19. The van der Waals surface area contributed by atoms with Gasteiger partial charge in [-0.05, 0) is 39.3 Å². The molecule has 0 spiro atoms. The molecule has 17 heavy (non-hydrogen) atoms. The van der Waals surface area contributed by atoms with Crippen molar-refractivity contribution in [1.29, 1.82) is 0 Å². The predicted octanol–water partition coefficient (Wildman–Crippen LogP) is 2.37. The monoisotopic (exact) mass is 254 g/mol. The first-order valence-corrected chi connectivity index (χ1v) is 6.86. The molecule has 0 aliphatic heterocycles. The lowest BCUT2D eigenvalue weighted by atomic mass is 10.2. The van der Waals surface area contributed by atoms with Crippen molar-refractivity contribution in [3.05, 3.63) is 21.4 Å². The summed E-state index contributed by atoms with van der Waals surface area (Å²) in [6.07, 6.45) is 0.542. The van der Waals surface area contributed by atoms with Gasteiger partial charge in [-0.2, -0.15) is 0 Å². The van der Waals surface area contributed by atoms with Crippen LogP contribution in [0.2, 0.25) is 0 Å². The van der Waals surface area contributed by atoms with Crippen molar-refractivity contribution >= 4 is 17.2 Å². The number of hydrogen-bond donors (Lipinski definition) is 2. The molecule has 1 rings (SSSR count). The Bertz CT molecular complexity index is 371. The van der Waals surface area contributed by atoms with E-state index in [0.29, 0.717) is 6.42 Å². The molecule has 1 heterocycles. The average Bonchev–Trinajstić information content (AvgIpc) is 2.51. The van der Waals surface area contributed by atoms with Gasteiger partial charge in [0.15, 0.2) is 0 Å². The molecule has 2 N–H and O–H groups in total. The molecule has 1 aromatic rings. The molecule has 3 nitrogen and oxygen atoms in total. The van der Waals surface area contributed by atoms with E-state index in [1.54, 1.807) is 0 Å². The highest BCUT2D eigenvalue weighted by molar-refractivity contribution is 7.12. The fourth-order valence-electron chi connectivity index (χ4n) is 1.68. The van der Waals surface area contributed by atoms with Crippen molar-refractivity contribution in [3.8, 4) is 0 Å². The summed E-state index contributed by atoms with van der Waals surface area (Å²) in [5.41, 5.74) is 1.34. The zero-order chi connectivity index (χ0) is 12.8. The summed E-state index contributed by atoms with van der Waals surface area (Å²) >= 11 is 1.82. The van der Waals surface area contributed by atoms with Crippen LogP contribution >= 0.6 is 11.3 Å². The fourth-order valence-corrected chi connectivity index (χ4v) is 2.62. The van der Waals surface area contributed by atoms with Crippen molar-refractivity contribution in [2.24, 2.45) is 0 Å². The van der Waals surface area contributed by atoms with E-state index in [1.165, 1.54) is 15.3 Å². The number of hydrogen-bond acceptors (Lipinski definition) is 3. The van der Waals surface area contributed by atoms with E-state index in [1.807, 2.05) is 25.2 Å². The second-order valence-electron chi connectivity index (χ2n) is 4.59. The number of amides is 1. The standard InChI is InChI=1S/C13H22N2OS/c1-9(2)15-13(16)5-6-14-8-12-7-10(3)17-11(12)4/h7,9,14H,5-6,8H2,1-4H3,(H,15,16). The van der Waals surface area contributed by atoms with Gasteiger partial charge in [0.1, 0.15) is 0 Å². The average molecular weight is 254 g/mol. The van der Waals surface area contributed by atoms with Gasteiger partial charge >= 0.3 is 0 Å². The van der Waals surface area contributed by atoms with Crippen LogP contribution in [0.3, 0.4) is 0 Å². The second kappa shape index (κ2) is 6.77. The lowest BCUT2D eigenvalue weighted by Gasteiger charge is -2.08. The molecule has 0 radical (unpaired) electrons. The number of carbonyl (C=O) groups is 1. The van der Waals surface area contributed by atoms with Crippen LogP contribution in [0.1, 0.15) is 35.6 Å². The predicted molar refractivity (Wildman–Crippen MR) is 73.4 cm³/mol. The molecule has 0 aliphatic rings. The molecule has 4 heteroatoms. The van der Waals surface area contributed by atoms with Gasteiger partial charge in [-0.1, -0.05) is 0 Å². The zero-order valence-corrected chi connectivity index (χ0v) is 11.9. The van der Waals surface area contributed by atoms with E-state index < -0.39 is 0 Å². The van der Waals surface area contributed by atoms with Crippen molar-refractivity contribution in [2.45, 2.75) is 46.7 Å². The first-order valence-electron chi connectivity index (χ1n) is 6.05. The maximum Gasteiger partial charge on any atom is 0.221 e. The topological polar surface area (TPSA) is 41.1 Å². The molecule has 0 saturated heterocycles. The molecule has 96 valence electrons. The molecular weight excluding hydrogens is 232 g/mol. The normalized spacial score (nSPS) is 10.9. The Morgan fingerprint density at radius 1 is 1.41 bits per heavy atom. The van der Waals surface area contributed by atoms with Gasteiger partial charge in [0.25, 0.3) is 0 Å². The van der Waals surface area contributed by atoms with Crippen molar-refractivity contribution in [1.82, 2.24) is 10.6 Å². The van der Waals surface area contributed by atoms with Crippen molar-refractivity contribution < 1.29 is 4.79 Å². The van der Waals surface area contributed by atoms with Crippen LogP contribution < -0.4 is 10.6 Å². The number of rotatable bonds is 6. The van der Waals surface area contributed by atoms with Crippen LogP contribution in [0.15, 0.2) is 6.07 Å². The summed E-state index contributed by atoms with van der Waals surface area (Å²) in [4.78, 5) is 14.1. The van der Waals surface area contributed by atoms with Gasteiger partial charge in [-0.3, -0.25) is 4.79 Å². The molecule has 0 aliphatic carbocycles. The SMILES string of the molecule is Cc1cc(CNCCC(=O)NC(C)C)c(C)s1. The molecule has 0 fully saturated rings. The smallest absolute Gasteiger partial charge is 0.221 e. The van der Waals surface area contributed by atoms with Gasteiger partial charge in [-0.25, -0.2) is 0 Å². The maximum absolute atomic E-state index is 11.4. The van der Waals surface area contributed by atoms with Gasteiger partial charge in [0, 0.05) is 35.3 Å². The highest BCUT2D eigenvalue weighted by Gasteiger charge is 2.04. The number of aryl methyl sites for hydroxylation is 2. The van der Waals surface area contributed by atoms with Crippen LogP contribution in [-0.4, -0.2) is 18.5 Å². The molecule has 0 aromatic carbocycles. The molecule has 0 atom stereocenters. The Morgan fingerprint density at radius 2 is 2.12 bits per heavy atom. The first kappa shape index (κ1) is 14.2. The Labute approximate surface area is 108 Å². The van der Waals surface area contributed by atoms with Gasteiger partial charge < -0.3 is 10.6 Å². The highest BCUT2D eigenvalue weighted by Crippen LogP contribution is 2.20. The molecule has 0 bridgehead atoms. The summed E-state index contributed by atoms with van der Waals surface area (Å²) in [5.74, 6) is 0.116. The summed E-state index contributed by atoms with van der Waals surface area (Å²) in [6.45, 7) is 9.79. The first-order chi connectivity index (χ1) is 7.99. The number of carbonyl (C=O) groups excluding carboxylic acids is 1. The van der Waals surface area contributed by atoms with Crippen LogP contribution in [0.4, 0.5) is 0 Å². The minimum Gasteiger partial charge on any atom is -0.354 e. The summed E-state index contributed by atoms with van der Waals surface area (Å²) in [7, 11) is 0. The Kier molecular flexibility index (Phi) is 5.65. The van der Waals surface area contributed by atoms with Crippen LogP contribution in [0.25, 0.3) is 0 Å².